The summed E-state index contributed by atoms with van der Waals surface area (Å²) in [5.74, 6) is -0.802. The topological polar surface area (TPSA) is 105 Å². The van der Waals surface area contributed by atoms with Crippen LogP contribution in [-0.4, -0.2) is 47.3 Å². The predicted octanol–water partition coefficient (Wildman–Crippen LogP) is 2.30. The lowest BCUT2D eigenvalue weighted by Gasteiger charge is -2.30. The van der Waals surface area contributed by atoms with Gasteiger partial charge in [0, 0.05) is 31.3 Å². The number of carboxylic acid groups (broad SMARTS) is 1. The van der Waals surface area contributed by atoms with Crippen LogP contribution in [0.5, 0.6) is 5.75 Å². The fourth-order valence-electron chi connectivity index (χ4n) is 2.42. The number of nitrogens with one attached hydrogen (secondary N) is 1. The Bertz CT molecular complexity index is 587. The molecule has 0 spiro atoms. The van der Waals surface area contributed by atoms with E-state index in [1.165, 1.54) is 18.1 Å². The molecule has 1 aliphatic heterocycles. The molecule has 1 aromatic rings. The van der Waals surface area contributed by atoms with Gasteiger partial charge in [-0.05, 0) is 12.8 Å². The Morgan fingerprint density at radius 2 is 2.14 bits per heavy atom. The molecule has 1 heterocycles. The highest BCUT2D eigenvalue weighted by atomic mass is 19.1. The molecule has 0 aliphatic carbocycles. The first-order chi connectivity index (χ1) is 10.4. The van der Waals surface area contributed by atoms with Gasteiger partial charge in [-0.3, -0.25) is 10.1 Å². The molecule has 1 aliphatic rings. The first kappa shape index (κ1) is 15.8. The summed E-state index contributed by atoms with van der Waals surface area (Å²) >= 11 is 0. The number of amides is 1. The van der Waals surface area contributed by atoms with Gasteiger partial charge in [-0.15, -0.1) is 0 Å². The number of nitro benzene ring substituents is 1. The smallest absolute Gasteiger partial charge is 0.407 e. The van der Waals surface area contributed by atoms with Gasteiger partial charge in [-0.25, -0.2) is 4.79 Å². The van der Waals surface area contributed by atoms with Crippen LogP contribution < -0.4 is 10.1 Å². The number of carbonyl (C=O) groups is 1. The summed E-state index contributed by atoms with van der Waals surface area (Å²) in [5.41, 5.74) is -0.600. The Labute approximate surface area is 125 Å². The van der Waals surface area contributed by atoms with Gasteiger partial charge in [-0.1, -0.05) is 0 Å². The number of halogens is 1. The van der Waals surface area contributed by atoms with E-state index in [4.69, 9.17) is 9.84 Å². The van der Waals surface area contributed by atoms with E-state index in [0.29, 0.717) is 25.9 Å². The Hall–Kier alpha value is -2.58. The summed E-state index contributed by atoms with van der Waals surface area (Å²) in [5, 5.41) is 22.8. The molecular formula is C13H16FN3O5. The van der Waals surface area contributed by atoms with E-state index in [2.05, 4.69) is 5.32 Å². The Kier molecular flexibility index (Phi) is 4.64. The quantitative estimate of drug-likeness (QED) is 0.652. The van der Waals surface area contributed by atoms with Crippen LogP contribution in [0, 0.1) is 15.9 Å². The van der Waals surface area contributed by atoms with E-state index in [0.717, 1.165) is 6.07 Å². The molecule has 0 saturated carbocycles. The van der Waals surface area contributed by atoms with Crippen LogP contribution >= 0.6 is 0 Å². The number of likely N-dealkylation sites (tertiary alicyclic amines) is 1. The monoisotopic (exact) mass is 313 g/mol. The summed E-state index contributed by atoms with van der Waals surface area (Å²) in [6.07, 6.45) is -0.0123. The lowest BCUT2D eigenvalue weighted by molar-refractivity contribution is -0.386. The van der Waals surface area contributed by atoms with Crippen LogP contribution in [0.4, 0.5) is 20.6 Å². The second kappa shape index (κ2) is 6.46. The Morgan fingerprint density at radius 3 is 2.64 bits per heavy atom. The van der Waals surface area contributed by atoms with Crippen molar-refractivity contribution in [2.75, 3.05) is 25.5 Å². The molecule has 0 bridgehead atoms. The van der Waals surface area contributed by atoms with Crippen LogP contribution in [-0.2, 0) is 0 Å². The molecule has 0 aromatic heterocycles. The highest BCUT2D eigenvalue weighted by Gasteiger charge is 2.27. The van der Waals surface area contributed by atoms with Crippen molar-refractivity contribution in [3.63, 3.8) is 0 Å². The number of piperidine rings is 1. The molecule has 1 fully saturated rings. The third kappa shape index (κ3) is 3.35. The van der Waals surface area contributed by atoms with Gasteiger partial charge in [0.05, 0.1) is 12.0 Å². The average molecular weight is 313 g/mol. The molecule has 8 nitrogen and oxygen atoms in total. The molecule has 22 heavy (non-hydrogen) atoms. The van der Waals surface area contributed by atoms with Gasteiger partial charge in [-0.2, -0.15) is 4.39 Å². The molecule has 0 radical (unpaired) electrons. The molecule has 9 heteroatoms. The van der Waals surface area contributed by atoms with Crippen LogP contribution in [0.2, 0.25) is 0 Å². The first-order valence-corrected chi connectivity index (χ1v) is 6.68. The van der Waals surface area contributed by atoms with Crippen molar-refractivity contribution in [1.82, 2.24) is 4.90 Å². The summed E-state index contributed by atoms with van der Waals surface area (Å²) < 4.78 is 18.7. The number of rotatable bonds is 4. The minimum absolute atomic E-state index is 0.0376. The molecule has 120 valence electrons. The highest BCUT2D eigenvalue weighted by Crippen LogP contribution is 2.33. The summed E-state index contributed by atoms with van der Waals surface area (Å²) in [6.45, 7) is 0.653. The lowest BCUT2D eigenvalue weighted by atomic mass is 10.0. The van der Waals surface area contributed by atoms with Crippen molar-refractivity contribution in [3.05, 3.63) is 28.1 Å². The SMILES string of the molecule is COc1cc(F)c([N+](=O)[O-])c(NC2CCN(C(=O)O)CC2)c1. The van der Waals surface area contributed by atoms with Gasteiger partial charge in [0.1, 0.15) is 11.4 Å². The number of benzene rings is 1. The molecular weight excluding hydrogens is 297 g/mol. The average Bonchev–Trinajstić information content (AvgIpc) is 2.46. The van der Waals surface area contributed by atoms with E-state index in [9.17, 15) is 19.3 Å². The minimum Gasteiger partial charge on any atom is -0.497 e. The minimum atomic E-state index is -0.989. The maximum Gasteiger partial charge on any atom is 0.407 e. The second-order valence-corrected chi connectivity index (χ2v) is 4.95. The van der Waals surface area contributed by atoms with Crippen molar-refractivity contribution in [2.45, 2.75) is 18.9 Å². The second-order valence-electron chi connectivity index (χ2n) is 4.95. The Morgan fingerprint density at radius 1 is 1.50 bits per heavy atom. The first-order valence-electron chi connectivity index (χ1n) is 6.68. The zero-order valence-electron chi connectivity index (χ0n) is 11.9. The zero-order valence-corrected chi connectivity index (χ0v) is 11.9. The highest BCUT2D eigenvalue weighted by molar-refractivity contribution is 5.66. The number of ether oxygens (including phenoxy) is 1. The van der Waals surface area contributed by atoms with E-state index >= 15 is 0 Å². The number of hydrogen-bond donors (Lipinski definition) is 2. The molecule has 0 unspecified atom stereocenters. The van der Waals surface area contributed by atoms with E-state index < -0.39 is 22.5 Å². The summed E-state index contributed by atoms with van der Waals surface area (Å²) in [6, 6.07) is 2.15. The number of hydrogen-bond acceptors (Lipinski definition) is 5. The Balaban J connectivity index is 2.17. The third-order valence-electron chi connectivity index (χ3n) is 3.58. The van der Waals surface area contributed by atoms with Crippen LogP contribution in [0.3, 0.4) is 0 Å². The summed E-state index contributed by atoms with van der Waals surface area (Å²) in [4.78, 5) is 22.4. The predicted molar refractivity (Wildman–Crippen MR) is 75.8 cm³/mol. The van der Waals surface area contributed by atoms with Crippen molar-refractivity contribution in [1.29, 1.82) is 0 Å². The molecule has 0 atom stereocenters. The van der Waals surface area contributed by atoms with Gasteiger partial charge in [0.25, 0.3) is 0 Å². The number of nitro groups is 1. The normalized spacial score (nSPS) is 15.5. The molecule has 1 saturated heterocycles. The van der Waals surface area contributed by atoms with Gasteiger partial charge >= 0.3 is 11.8 Å². The van der Waals surface area contributed by atoms with Crippen LogP contribution in [0.1, 0.15) is 12.8 Å². The van der Waals surface area contributed by atoms with Crippen LogP contribution in [0.15, 0.2) is 12.1 Å². The molecule has 2 N–H and O–H groups in total. The van der Waals surface area contributed by atoms with E-state index in [1.807, 2.05) is 0 Å². The molecule has 1 aromatic carbocycles. The standard InChI is InChI=1S/C13H16FN3O5/c1-22-9-6-10(14)12(17(20)21)11(7-9)15-8-2-4-16(5-3-8)13(18)19/h6-8,15H,2-5H2,1H3,(H,18,19). The number of anilines is 1. The van der Waals surface area contributed by atoms with Crippen molar-refractivity contribution < 1.29 is 24.0 Å². The van der Waals surface area contributed by atoms with Crippen molar-refractivity contribution in [3.8, 4) is 5.75 Å². The zero-order chi connectivity index (χ0) is 16.3. The van der Waals surface area contributed by atoms with Gasteiger partial charge < -0.3 is 20.1 Å². The number of nitrogens with zero attached hydrogens (tertiary/aromatic N) is 2. The molecule has 1 amide bonds. The maximum absolute atomic E-state index is 13.8. The fraction of sp³-hybridized carbons (Fsp3) is 0.462. The van der Waals surface area contributed by atoms with Gasteiger partial charge in [0.15, 0.2) is 0 Å². The number of methoxy groups -OCH3 is 1. The van der Waals surface area contributed by atoms with Crippen molar-refractivity contribution >= 4 is 17.5 Å². The van der Waals surface area contributed by atoms with E-state index in [1.54, 1.807) is 0 Å². The fourth-order valence-corrected chi connectivity index (χ4v) is 2.42. The lowest BCUT2D eigenvalue weighted by Crippen LogP contribution is -2.41. The van der Waals surface area contributed by atoms with E-state index in [-0.39, 0.29) is 17.5 Å². The largest absolute Gasteiger partial charge is 0.497 e. The maximum atomic E-state index is 13.8. The van der Waals surface area contributed by atoms with Crippen LogP contribution in [0.25, 0.3) is 0 Å². The summed E-state index contributed by atoms with van der Waals surface area (Å²) in [7, 11) is 1.34. The molecule has 2 rings (SSSR count). The third-order valence-corrected chi connectivity index (χ3v) is 3.58. The van der Waals surface area contributed by atoms with Gasteiger partial charge in [0.2, 0.25) is 5.82 Å². The van der Waals surface area contributed by atoms with Crippen molar-refractivity contribution in [2.24, 2.45) is 0 Å².